The van der Waals surface area contributed by atoms with Crippen molar-refractivity contribution >= 4 is 17.5 Å². The van der Waals surface area contributed by atoms with Crippen LogP contribution in [0.4, 0.5) is 0 Å². The van der Waals surface area contributed by atoms with Crippen molar-refractivity contribution in [1.29, 1.82) is 0 Å². The second-order valence-corrected chi connectivity index (χ2v) is 5.31. The Labute approximate surface area is 108 Å². The highest BCUT2D eigenvalue weighted by atomic mass is 32.2. The predicted octanol–water partition coefficient (Wildman–Crippen LogP) is 4.35. The number of hydrogen-bond acceptors (Lipinski definition) is 2. The minimum Gasteiger partial charge on any atom is -0.289 e. The summed E-state index contributed by atoms with van der Waals surface area (Å²) in [6.07, 6.45) is 3.99. The minimum absolute atomic E-state index is 0.114. The van der Waals surface area contributed by atoms with Crippen molar-refractivity contribution in [2.75, 3.05) is 11.5 Å². The van der Waals surface area contributed by atoms with Crippen LogP contribution in [0.15, 0.2) is 42.0 Å². The first-order chi connectivity index (χ1) is 8.24. The van der Waals surface area contributed by atoms with Crippen molar-refractivity contribution in [2.45, 2.75) is 26.7 Å². The van der Waals surface area contributed by atoms with Crippen LogP contribution in [0.5, 0.6) is 0 Å². The van der Waals surface area contributed by atoms with Gasteiger partial charge in [-0.1, -0.05) is 42.8 Å². The standard InChI is InChI=1S/C15H20OS/c1-3-10-17-11-9-13(2)12-15(16)14-7-5-4-6-8-14/h4-8,12H,3,9-11H2,1-2H3/b13-12+. The molecule has 0 aliphatic heterocycles. The number of rotatable bonds is 7. The van der Waals surface area contributed by atoms with Gasteiger partial charge in [-0.2, -0.15) is 11.8 Å². The molecule has 0 radical (unpaired) electrons. The fourth-order valence-electron chi connectivity index (χ4n) is 1.46. The van der Waals surface area contributed by atoms with E-state index in [1.165, 1.54) is 17.7 Å². The molecule has 0 N–H and O–H groups in total. The summed E-state index contributed by atoms with van der Waals surface area (Å²) in [4.78, 5) is 11.9. The first-order valence-electron chi connectivity index (χ1n) is 6.08. The van der Waals surface area contributed by atoms with Crippen LogP contribution < -0.4 is 0 Å². The molecular weight excluding hydrogens is 228 g/mol. The third-order valence-electron chi connectivity index (χ3n) is 2.42. The summed E-state index contributed by atoms with van der Waals surface area (Å²) < 4.78 is 0. The largest absolute Gasteiger partial charge is 0.289 e. The summed E-state index contributed by atoms with van der Waals surface area (Å²) in [5.41, 5.74) is 1.94. The summed E-state index contributed by atoms with van der Waals surface area (Å²) in [5.74, 6) is 2.43. The van der Waals surface area contributed by atoms with E-state index in [2.05, 4.69) is 6.92 Å². The van der Waals surface area contributed by atoms with Gasteiger partial charge in [0.15, 0.2) is 5.78 Å². The van der Waals surface area contributed by atoms with Crippen molar-refractivity contribution in [3.8, 4) is 0 Å². The summed E-state index contributed by atoms with van der Waals surface area (Å²) in [7, 11) is 0. The van der Waals surface area contributed by atoms with E-state index in [0.717, 1.165) is 17.7 Å². The van der Waals surface area contributed by atoms with Gasteiger partial charge in [-0.05, 0) is 37.3 Å². The smallest absolute Gasteiger partial charge is 0.185 e. The van der Waals surface area contributed by atoms with Gasteiger partial charge in [0.1, 0.15) is 0 Å². The molecule has 92 valence electrons. The van der Waals surface area contributed by atoms with Crippen LogP contribution in [0.25, 0.3) is 0 Å². The topological polar surface area (TPSA) is 17.1 Å². The zero-order valence-electron chi connectivity index (χ0n) is 10.6. The van der Waals surface area contributed by atoms with Crippen LogP contribution >= 0.6 is 11.8 Å². The Morgan fingerprint density at radius 1 is 1.24 bits per heavy atom. The number of thioether (sulfide) groups is 1. The second-order valence-electron chi connectivity index (χ2n) is 4.08. The van der Waals surface area contributed by atoms with Gasteiger partial charge in [0, 0.05) is 5.56 Å². The van der Waals surface area contributed by atoms with Crippen LogP contribution in [-0.2, 0) is 0 Å². The number of carbonyl (C=O) groups is 1. The number of benzene rings is 1. The molecule has 0 amide bonds. The van der Waals surface area contributed by atoms with Crippen LogP contribution in [0.2, 0.25) is 0 Å². The van der Waals surface area contributed by atoms with E-state index in [4.69, 9.17) is 0 Å². The molecule has 1 aromatic carbocycles. The van der Waals surface area contributed by atoms with E-state index >= 15 is 0 Å². The molecule has 1 aromatic rings. The summed E-state index contributed by atoms with van der Waals surface area (Å²) in [6.45, 7) is 4.22. The van der Waals surface area contributed by atoms with Gasteiger partial charge in [0.2, 0.25) is 0 Å². The van der Waals surface area contributed by atoms with Crippen LogP contribution in [0, 0.1) is 0 Å². The van der Waals surface area contributed by atoms with Crippen LogP contribution in [-0.4, -0.2) is 17.3 Å². The Morgan fingerprint density at radius 3 is 2.59 bits per heavy atom. The number of ketones is 1. The van der Waals surface area contributed by atoms with E-state index in [1.54, 1.807) is 6.08 Å². The average molecular weight is 248 g/mol. The van der Waals surface area contributed by atoms with E-state index in [1.807, 2.05) is 49.0 Å². The fraction of sp³-hybridized carbons (Fsp3) is 0.400. The Balaban J connectivity index is 2.43. The number of carbonyl (C=O) groups excluding carboxylic acids is 1. The zero-order valence-corrected chi connectivity index (χ0v) is 11.4. The SMILES string of the molecule is CCCSCC/C(C)=C/C(=O)c1ccccc1. The van der Waals surface area contributed by atoms with Crippen LogP contribution in [0.1, 0.15) is 37.0 Å². The van der Waals surface area contributed by atoms with Crippen molar-refractivity contribution in [2.24, 2.45) is 0 Å². The molecule has 0 fully saturated rings. The molecule has 0 saturated heterocycles. The van der Waals surface area contributed by atoms with Gasteiger partial charge in [-0.3, -0.25) is 4.79 Å². The predicted molar refractivity (Wildman–Crippen MR) is 76.8 cm³/mol. The molecule has 0 spiro atoms. The Morgan fingerprint density at radius 2 is 1.94 bits per heavy atom. The Kier molecular flexibility index (Phi) is 6.71. The van der Waals surface area contributed by atoms with Crippen molar-refractivity contribution < 1.29 is 4.79 Å². The van der Waals surface area contributed by atoms with E-state index < -0.39 is 0 Å². The summed E-state index contributed by atoms with van der Waals surface area (Å²) >= 11 is 1.95. The van der Waals surface area contributed by atoms with Gasteiger partial charge in [-0.15, -0.1) is 0 Å². The second kappa shape index (κ2) is 8.13. The quantitative estimate of drug-likeness (QED) is 0.405. The van der Waals surface area contributed by atoms with E-state index in [0.29, 0.717) is 0 Å². The highest BCUT2D eigenvalue weighted by molar-refractivity contribution is 7.99. The maximum Gasteiger partial charge on any atom is 0.185 e. The lowest BCUT2D eigenvalue weighted by Crippen LogP contribution is -1.95. The molecule has 0 atom stereocenters. The van der Waals surface area contributed by atoms with Gasteiger partial charge >= 0.3 is 0 Å². The maximum atomic E-state index is 11.9. The normalized spacial score (nSPS) is 11.5. The molecule has 0 bridgehead atoms. The van der Waals surface area contributed by atoms with Gasteiger partial charge in [0.05, 0.1) is 0 Å². The molecule has 2 heteroatoms. The molecule has 0 aliphatic carbocycles. The fourth-order valence-corrected chi connectivity index (χ4v) is 2.42. The van der Waals surface area contributed by atoms with E-state index in [9.17, 15) is 4.79 Å². The highest BCUT2D eigenvalue weighted by Gasteiger charge is 2.01. The third-order valence-corrected chi connectivity index (χ3v) is 3.61. The lowest BCUT2D eigenvalue weighted by molar-refractivity contribution is 0.104. The lowest BCUT2D eigenvalue weighted by atomic mass is 10.1. The molecule has 1 rings (SSSR count). The monoisotopic (exact) mass is 248 g/mol. The molecule has 0 heterocycles. The molecular formula is C15H20OS. The molecule has 17 heavy (non-hydrogen) atoms. The molecule has 0 aliphatic rings. The number of hydrogen-bond donors (Lipinski definition) is 0. The van der Waals surface area contributed by atoms with Crippen molar-refractivity contribution in [3.05, 3.63) is 47.5 Å². The molecule has 0 saturated carbocycles. The van der Waals surface area contributed by atoms with E-state index in [-0.39, 0.29) is 5.78 Å². The zero-order chi connectivity index (χ0) is 12.5. The van der Waals surface area contributed by atoms with Crippen LogP contribution in [0.3, 0.4) is 0 Å². The maximum absolute atomic E-state index is 11.9. The summed E-state index contributed by atoms with van der Waals surface area (Å²) in [5, 5.41) is 0. The van der Waals surface area contributed by atoms with Gasteiger partial charge < -0.3 is 0 Å². The average Bonchev–Trinajstić information content (AvgIpc) is 2.36. The first kappa shape index (κ1) is 14.0. The number of allylic oxidation sites excluding steroid dienone is 2. The van der Waals surface area contributed by atoms with Gasteiger partial charge in [-0.25, -0.2) is 0 Å². The lowest BCUT2D eigenvalue weighted by Gasteiger charge is -2.01. The first-order valence-corrected chi connectivity index (χ1v) is 7.23. The van der Waals surface area contributed by atoms with Crippen molar-refractivity contribution in [3.63, 3.8) is 0 Å². The summed E-state index contributed by atoms with van der Waals surface area (Å²) in [6, 6.07) is 9.44. The highest BCUT2D eigenvalue weighted by Crippen LogP contribution is 2.11. The molecule has 0 unspecified atom stereocenters. The van der Waals surface area contributed by atoms with Crippen molar-refractivity contribution in [1.82, 2.24) is 0 Å². The Bertz CT molecular complexity index is 368. The molecule has 1 nitrogen and oxygen atoms in total. The third kappa shape index (κ3) is 5.73. The Hall–Kier alpha value is -1.02. The molecule has 0 aromatic heterocycles. The van der Waals surface area contributed by atoms with Gasteiger partial charge in [0.25, 0.3) is 0 Å². The minimum atomic E-state index is 0.114.